The number of ketones is 1. The van der Waals surface area contributed by atoms with E-state index < -0.39 is 0 Å². The molecule has 18 heavy (non-hydrogen) atoms. The van der Waals surface area contributed by atoms with Gasteiger partial charge in [0, 0.05) is 24.7 Å². The Kier molecular flexibility index (Phi) is 4.24. The molecule has 1 heterocycles. The quantitative estimate of drug-likeness (QED) is 0.624. The Hall–Kier alpha value is -1.50. The smallest absolute Gasteiger partial charge is 0.266 e. The van der Waals surface area contributed by atoms with Crippen molar-refractivity contribution < 1.29 is 4.79 Å². The fourth-order valence-corrected chi connectivity index (χ4v) is 2.04. The average Bonchev–Trinajstić information content (AvgIpc) is 2.41. The van der Waals surface area contributed by atoms with Gasteiger partial charge in [-0.3, -0.25) is 14.2 Å². The summed E-state index contributed by atoms with van der Waals surface area (Å²) in [5.74, 6) is 0.0290. The van der Waals surface area contributed by atoms with Crippen LogP contribution < -0.4 is 5.56 Å². The summed E-state index contributed by atoms with van der Waals surface area (Å²) in [5.41, 5.74) is 0.565. The van der Waals surface area contributed by atoms with E-state index in [0.29, 0.717) is 22.1 Å². The number of nitrogens with zero attached hydrogens (tertiary/aromatic N) is 2. The van der Waals surface area contributed by atoms with E-state index in [-0.39, 0.29) is 11.3 Å². The van der Waals surface area contributed by atoms with Crippen molar-refractivity contribution in [3.63, 3.8) is 0 Å². The Bertz CT molecular complexity index is 608. The van der Waals surface area contributed by atoms with Crippen molar-refractivity contribution in [1.82, 2.24) is 9.55 Å². The first-order valence-electron chi connectivity index (χ1n) is 5.46. The topological polar surface area (TPSA) is 52.0 Å². The number of hydrogen-bond acceptors (Lipinski definition) is 3. The minimum Gasteiger partial charge on any atom is -0.298 e. The molecule has 0 bridgehead atoms. The molecule has 0 fully saturated rings. The SMILES string of the molecule is O=C(CCn1cncc(I)c1=O)c1ccccc1. The molecule has 0 aliphatic heterocycles. The van der Waals surface area contributed by atoms with E-state index in [1.807, 2.05) is 40.8 Å². The minimum absolute atomic E-state index is 0.0290. The van der Waals surface area contributed by atoms with Gasteiger partial charge >= 0.3 is 0 Å². The van der Waals surface area contributed by atoms with Gasteiger partial charge in [-0.1, -0.05) is 30.3 Å². The zero-order valence-electron chi connectivity index (χ0n) is 9.54. The lowest BCUT2D eigenvalue weighted by molar-refractivity contribution is 0.0976. The van der Waals surface area contributed by atoms with Crippen LogP contribution in [0.4, 0.5) is 0 Å². The van der Waals surface area contributed by atoms with Crippen LogP contribution in [-0.4, -0.2) is 15.3 Å². The summed E-state index contributed by atoms with van der Waals surface area (Å²) in [4.78, 5) is 27.5. The molecule has 2 rings (SSSR count). The number of aryl methyl sites for hydroxylation is 1. The summed E-state index contributed by atoms with van der Waals surface area (Å²) < 4.78 is 2.02. The van der Waals surface area contributed by atoms with Crippen LogP contribution in [0, 0.1) is 3.57 Å². The molecule has 0 aliphatic rings. The molecule has 0 aliphatic carbocycles. The van der Waals surface area contributed by atoms with E-state index in [2.05, 4.69) is 4.98 Å². The van der Waals surface area contributed by atoms with Crippen molar-refractivity contribution in [2.24, 2.45) is 0 Å². The van der Waals surface area contributed by atoms with Crippen LogP contribution in [0.15, 0.2) is 47.7 Å². The van der Waals surface area contributed by atoms with Crippen LogP contribution in [-0.2, 0) is 6.54 Å². The van der Waals surface area contributed by atoms with Crippen LogP contribution in [0.5, 0.6) is 0 Å². The molecule has 0 saturated carbocycles. The molecule has 1 aromatic heterocycles. The van der Waals surface area contributed by atoms with E-state index in [0.717, 1.165) is 0 Å². The van der Waals surface area contributed by atoms with Crippen molar-refractivity contribution >= 4 is 28.4 Å². The van der Waals surface area contributed by atoms with Gasteiger partial charge in [0.1, 0.15) is 0 Å². The summed E-state index contributed by atoms with van der Waals surface area (Å²) >= 11 is 1.94. The van der Waals surface area contributed by atoms with E-state index in [4.69, 9.17) is 0 Å². The maximum Gasteiger partial charge on any atom is 0.266 e. The number of Topliss-reactive ketones (excluding diaryl/α,β-unsaturated/α-hetero) is 1. The summed E-state index contributed by atoms with van der Waals surface area (Å²) in [5, 5.41) is 0. The highest BCUT2D eigenvalue weighted by Crippen LogP contribution is 2.04. The van der Waals surface area contributed by atoms with Gasteiger partial charge in [0.2, 0.25) is 0 Å². The lowest BCUT2D eigenvalue weighted by Gasteiger charge is -2.04. The number of carbonyl (C=O) groups excluding carboxylic acids is 1. The normalized spacial score (nSPS) is 10.3. The van der Waals surface area contributed by atoms with Crippen molar-refractivity contribution in [2.75, 3.05) is 0 Å². The molecule has 2 aromatic rings. The third-order valence-corrected chi connectivity index (χ3v) is 3.27. The van der Waals surface area contributed by atoms with Crippen molar-refractivity contribution in [2.45, 2.75) is 13.0 Å². The van der Waals surface area contributed by atoms with E-state index in [9.17, 15) is 9.59 Å². The van der Waals surface area contributed by atoms with Crippen LogP contribution in [0.1, 0.15) is 16.8 Å². The Morgan fingerprint density at radius 1 is 1.28 bits per heavy atom. The molecule has 1 aromatic carbocycles. The Morgan fingerprint density at radius 3 is 2.72 bits per heavy atom. The molecular formula is C13H11IN2O2. The first-order valence-corrected chi connectivity index (χ1v) is 6.54. The van der Waals surface area contributed by atoms with Gasteiger partial charge in [0.05, 0.1) is 9.90 Å². The van der Waals surface area contributed by atoms with Gasteiger partial charge in [0.15, 0.2) is 5.78 Å². The maximum atomic E-state index is 11.9. The highest BCUT2D eigenvalue weighted by molar-refractivity contribution is 14.1. The predicted molar refractivity (Wildman–Crippen MR) is 76.6 cm³/mol. The van der Waals surface area contributed by atoms with Gasteiger partial charge in [-0.2, -0.15) is 0 Å². The lowest BCUT2D eigenvalue weighted by Crippen LogP contribution is -2.23. The molecule has 0 saturated heterocycles. The Labute approximate surface area is 118 Å². The van der Waals surface area contributed by atoms with Gasteiger partial charge in [0.25, 0.3) is 5.56 Å². The van der Waals surface area contributed by atoms with E-state index in [1.54, 1.807) is 12.1 Å². The first-order chi connectivity index (χ1) is 8.68. The average molecular weight is 354 g/mol. The highest BCUT2D eigenvalue weighted by Gasteiger charge is 2.07. The molecule has 92 valence electrons. The number of benzene rings is 1. The molecule has 5 heteroatoms. The van der Waals surface area contributed by atoms with Crippen LogP contribution in [0.25, 0.3) is 0 Å². The summed E-state index contributed by atoms with van der Waals surface area (Å²) in [7, 11) is 0. The van der Waals surface area contributed by atoms with Gasteiger partial charge in [-0.25, -0.2) is 4.98 Å². The van der Waals surface area contributed by atoms with E-state index >= 15 is 0 Å². The van der Waals surface area contributed by atoms with Crippen LogP contribution >= 0.6 is 22.6 Å². The van der Waals surface area contributed by atoms with Crippen molar-refractivity contribution in [3.05, 3.63) is 62.3 Å². The third-order valence-electron chi connectivity index (χ3n) is 2.53. The number of hydrogen-bond donors (Lipinski definition) is 0. The van der Waals surface area contributed by atoms with Gasteiger partial charge in [-0.05, 0) is 22.6 Å². The largest absolute Gasteiger partial charge is 0.298 e. The summed E-state index contributed by atoms with van der Waals surface area (Å²) in [6, 6.07) is 9.07. The summed E-state index contributed by atoms with van der Waals surface area (Å²) in [6.07, 6.45) is 3.27. The zero-order valence-corrected chi connectivity index (χ0v) is 11.7. The second-order valence-corrected chi connectivity index (χ2v) is 4.94. The second-order valence-electron chi connectivity index (χ2n) is 3.78. The van der Waals surface area contributed by atoms with Crippen molar-refractivity contribution in [1.29, 1.82) is 0 Å². The Balaban J connectivity index is 2.07. The minimum atomic E-state index is -0.105. The molecule has 0 spiro atoms. The molecule has 0 radical (unpaired) electrons. The monoisotopic (exact) mass is 354 g/mol. The molecule has 0 atom stereocenters. The van der Waals surface area contributed by atoms with Crippen molar-refractivity contribution in [3.8, 4) is 0 Å². The number of rotatable bonds is 4. The molecular weight excluding hydrogens is 343 g/mol. The second kappa shape index (κ2) is 5.90. The number of carbonyl (C=O) groups is 1. The third kappa shape index (κ3) is 3.04. The predicted octanol–water partition coefficient (Wildman–Crippen LogP) is 2.12. The number of aromatic nitrogens is 2. The summed E-state index contributed by atoms with van der Waals surface area (Å²) in [6.45, 7) is 0.358. The highest BCUT2D eigenvalue weighted by atomic mass is 127. The molecule has 0 N–H and O–H groups in total. The molecule has 0 amide bonds. The fourth-order valence-electron chi connectivity index (χ4n) is 1.57. The standard InChI is InChI=1S/C13H11IN2O2/c14-11-8-15-9-16(13(11)18)7-6-12(17)10-4-2-1-3-5-10/h1-5,8-9H,6-7H2. The first kappa shape index (κ1) is 12.9. The van der Waals surface area contributed by atoms with Crippen LogP contribution in [0.2, 0.25) is 0 Å². The van der Waals surface area contributed by atoms with Crippen LogP contribution in [0.3, 0.4) is 0 Å². The molecule has 4 nitrogen and oxygen atoms in total. The molecule has 0 unspecified atom stereocenters. The van der Waals surface area contributed by atoms with Gasteiger partial charge < -0.3 is 0 Å². The number of halogens is 1. The zero-order chi connectivity index (χ0) is 13.0. The Morgan fingerprint density at radius 2 is 2.00 bits per heavy atom. The lowest BCUT2D eigenvalue weighted by atomic mass is 10.1. The van der Waals surface area contributed by atoms with Gasteiger partial charge in [-0.15, -0.1) is 0 Å². The fraction of sp³-hybridized carbons (Fsp3) is 0.154. The van der Waals surface area contributed by atoms with E-state index in [1.165, 1.54) is 17.1 Å². The maximum absolute atomic E-state index is 11.9.